The Bertz CT molecular complexity index is 4810. The van der Waals surface area contributed by atoms with Gasteiger partial charge in [-0.25, -0.2) is 8.42 Å². The number of unbranched alkanes of at least 4 members (excludes halogenated alkanes) is 2. The van der Waals surface area contributed by atoms with E-state index < -0.39 is 314 Å². The molecule has 690 valence electrons. The molecule has 0 fully saturated rings. The molecule has 10 amide bonds. The van der Waals surface area contributed by atoms with Crippen LogP contribution in [0.4, 0.5) is 11.4 Å². The molecule has 45 nitrogen and oxygen atoms in total. The fourth-order valence-corrected chi connectivity index (χ4v) is 14.0. The van der Waals surface area contributed by atoms with Gasteiger partial charge in [0.15, 0.2) is 10.7 Å². The van der Waals surface area contributed by atoms with E-state index in [0.717, 1.165) is 12.6 Å². The summed E-state index contributed by atoms with van der Waals surface area (Å²) in [6.45, 7) is 7.81. The van der Waals surface area contributed by atoms with Gasteiger partial charge in [-0.3, -0.25) is 101 Å². The van der Waals surface area contributed by atoms with E-state index in [0.29, 0.717) is 41.2 Å². The van der Waals surface area contributed by atoms with Crippen molar-refractivity contribution in [3.05, 3.63) is 95.8 Å². The standard InChI is InChI=1S/C79H104N12O33S2/c1-78(2)44-40-42(125(120)121)17-19-46(44)81-57(78)14-10-7-6-8-11-15-58-79(3,4)45-41-43(126(122,123)124)18-29-56(45)91(58)39-13-9-12-16-59(92)82-48(21-31-61(95)96)70(112)84-50(23-33-63(99)100)72(114)86-52(25-35-65(103)104)74(116)88-54(27-37-67(107)108)76(118)90-55(28-38-68(109)110)77(119)89-53(26-36-66(105)106)75(117)87-51(24-34-64(101)102)73(115)85-49(22-32-62(97)98)71(113)83-47(69(111)80-5)20-30-60(93)94/h6-8,10-11,14-15,17-19,29,40-41,47-55,125H,9,12-13,16,20-28,30-39H2,1-5H3,(H,80,111)(H,82,92)(H,83,113)(H,84,112)(H,85,115)(H,86,114)(H,87,117)(H,88,116)(H,89,119)(H,90,118)(H,93,94)(H,95,96)(H,97,98)(H,99,100)(H,101,102)(H,103,104)(H,105,106)(H,107,108)(H,109,110)(H,122,123,124)/b7-6+,11-8+,14-10+,58-15+/t47-,48-,49-,50-,51-,52-,53-,54-,55-/m1/s1. The summed E-state index contributed by atoms with van der Waals surface area (Å²) in [6, 6.07) is -9.17. The first kappa shape index (κ1) is 105. The van der Waals surface area contributed by atoms with E-state index in [4.69, 9.17) is 0 Å². The molecule has 4 rings (SSSR count). The van der Waals surface area contributed by atoms with Crippen molar-refractivity contribution in [3.8, 4) is 0 Å². The number of carboxylic acids is 9. The van der Waals surface area contributed by atoms with Gasteiger partial charge in [0.05, 0.1) is 21.2 Å². The number of aliphatic carboxylic acids is 9. The molecular weight excluding hydrogens is 1710 g/mol. The van der Waals surface area contributed by atoms with E-state index in [1.165, 1.54) is 24.3 Å². The fraction of sp³-hybridized carbons (Fsp3) is 0.494. The molecule has 126 heavy (non-hydrogen) atoms. The molecule has 0 aliphatic carbocycles. The van der Waals surface area contributed by atoms with Crippen LogP contribution in [0.2, 0.25) is 0 Å². The van der Waals surface area contributed by atoms with Gasteiger partial charge >= 0.3 is 53.7 Å². The van der Waals surface area contributed by atoms with E-state index in [1.807, 2.05) is 38.7 Å². The molecule has 2 aliphatic rings. The molecule has 2 aliphatic heterocycles. The van der Waals surface area contributed by atoms with E-state index in [2.05, 4.69) is 58.2 Å². The quantitative estimate of drug-likeness (QED) is 0.0180. The Morgan fingerprint density at radius 3 is 1.02 bits per heavy atom. The normalized spacial score (nSPS) is 15.6. The summed E-state index contributed by atoms with van der Waals surface area (Å²) in [5.74, 6) is -27.4. The Morgan fingerprint density at radius 1 is 0.389 bits per heavy atom. The summed E-state index contributed by atoms with van der Waals surface area (Å²) < 4.78 is 58.0. The second-order valence-electron chi connectivity index (χ2n) is 30.1. The van der Waals surface area contributed by atoms with Crippen LogP contribution in [0.1, 0.15) is 180 Å². The van der Waals surface area contributed by atoms with E-state index in [9.17, 15) is 158 Å². The van der Waals surface area contributed by atoms with Crippen molar-refractivity contribution in [1.29, 1.82) is 0 Å². The number of hydrogen-bond acceptors (Lipinski definition) is 25. The molecule has 0 unspecified atom stereocenters. The van der Waals surface area contributed by atoms with Gasteiger partial charge < -0.3 is 104 Å². The lowest BCUT2D eigenvalue weighted by atomic mass is 9.81. The number of thiol groups is 1. The SMILES string of the molecule is CNC(=O)[C@@H](CCC(=O)O)NC(=O)[C@@H](CCC(=O)O)NC(=O)[C@@H](CCC(=O)O)NC(=O)[C@@H](CCC(=O)O)NC(=O)[C@@H](CCC(=O)O)NC(=O)[C@@H](CCC(=O)O)NC(=O)[C@@H](CCC(=O)O)NC(=O)[C@@H](CCC(=O)O)NC(=O)[C@@H](CCC(=O)O)NC(=O)CCCCCN1/C(=C/C=C/C=C/C=C/C2=Nc3ccc([SH](=O)=O)cc3C2(C)C)C(C)(C)c2cc(S(=O)(=O)O)ccc21. The molecule has 0 spiro atoms. The van der Waals surface area contributed by atoms with Crippen LogP contribution in [-0.2, 0) is 123 Å². The van der Waals surface area contributed by atoms with Crippen molar-refractivity contribution in [2.24, 2.45) is 4.99 Å². The highest BCUT2D eigenvalue weighted by Crippen LogP contribution is 2.49. The van der Waals surface area contributed by atoms with Gasteiger partial charge in [0.1, 0.15) is 54.4 Å². The zero-order chi connectivity index (χ0) is 94.7. The van der Waals surface area contributed by atoms with Crippen LogP contribution in [0.15, 0.2) is 99.4 Å². The maximum atomic E-state index is 14.3. The number of carboxylic acid groups (broad SMARTS) is 9. The summed E-state index contributed by atoms with van der Waals surface area (Å²) in [5, 5.41) is 108. The predicted octanol–water partition coefficient (Wildman–Crippen LogP) is 0.0704. The molecule has 9 atom stereocenters. The van der Waals surface area contributed by atoms with Crippen LogP contribution in [-0.4, -0.2) is 254 Å². The largest absolute Gasteiger partial charge is 0.481 e. The van der Waals surface area contributed by atoms with Crippen molar-refractivity contribution in [1.82, 2.24) is 53.2 Å². The van der Waals surface area contributed by atoms with Crippen molar-refractivity contribution in [2.45, 2.75) is 244 Å². The third kappa shape index (κ3) is 34.8. The lowest BCUT2D eigenvalue weighted by Gasteiger charge is -2.28. The zero-order valence-corrected chi connectivity index (χ0v) is 70.8. The predicted molar refractivity (Wildman–Crippen MR) is 439 cm³/mol. The van der Waals surface area contributed by atoms with Gasteiger partial charge in [0, 0.05) is 100 Å². The van der Waals surface area contributed by atoms with E-state index in [1.54, 1.807) is 48.6 Å². The van der Waals surface area contributed by atoms with E-state index in [-0.39, 0.29) is 29.2 Å². The first-order valence-electron chi connectivity index (χ1n) is 39.4. The van der Waals surface area contributed by atoms with Gasteiger partial charge in [-0.2, -0.15) is 8.42 Å². The number of carbonyl (C=O) groups excluding carboxylic acids is 10. The third-order valence-electron chi connectivity index (χ3n) is 19.9. The number of allylic oxidation sites excluding steroid dienone is 8. The number of fused-ring (bicyclic) bond motifs is 2. The average molecular weight is 1810 g/mol. The molecule has 0 radical (unpaired) electrons. The number of amides is 10. The van der Waals surface area contributed by atoms with Crippen LogP contribution in [0, 0.1) is 0 Å². The minimum absolute atomic E-state index is 0.134. The highest BCUT2D eigenvalue weighted by molar-refractivity contribution is 7.85. The van der Waals surface area contributed by atoms with Crippen LogP contribution in [0.25, 0.3) is 0 Å². The van der Waals surface area contributed by atoms with Crippen molar-refractivity contribution >= 4 is 151 Å². The van der Waals surface area contributed by atoms with Gasteiger partial charge in [-0.15, -0.1) is 0 Å². The Morgan fingerprint density at radius 2 is 0.706 bits per heavy atom. The molecule has 2 aromatic carbocycles. The number of hydrogen-bond donors (Lipinski definition) is 21. The molecule has 0 bridgehead atoms. The number of aliphatic imine (C=N–C) groups is 1. The van der Waals surface area contributed by atoms with Crippen LogP contribution >= 0.6 is 0 Å². The van der Waals surface area contributed by atoms with Crippen molar-refractivity contribution in [3.63, 3.8) is 0 Å². The van der Waals surface area contributed by atoms with Crippen molar-refractivity contribution in [2.75, 3.05) is 18.5 Å². The monoisotopic (exact) mass is 1810 g/mol. The van der Waals surface area contributed by atoms with Crippen molar-refractivity contribution < 1.29 is 158 Å². The van der Waals surface area contributed by atoms with Gasteiger partial charge in [0.2, 0.25) is 59.1 Å². The Kier molecular flexibility index (Phi) is 41.5. The highest BCUT2D eigenvalue weighted by Gasteiger charge is 2.42. The maximum Gasteiger partial charge on any atom is 0.303 e. The molecular formula is C79H104N12O33S2. The molecule has 2 heterocycles. The van der Waals surface area contributed by atoms with Gasteiger partial charge in [0.25, 0.3) is 10.1 Å². The number of nitrogens with zero attached hydrogens (tertiary/aromatic N) is 2. The van der Waals surface area contributed by atoms with Crippen LogP contribution < -0.4 is 58.1 Å². The number of anilines is 1. The first-order valence-corrected chi connectivity index (χ1v) is 42.0. The fourth-order valence-electron chi connectivity index (χ4n) is 13.1. The maximum absolute atomic E-state index is 14.3. The molecule has 0 aromatic heterocycles. The average Bonchev–Trinajstić information content (AvgIpc) is 1.59. The third-order valence-corrected chi connectivity index (χ3v) is 21.5. The minimum atomic E-state index is -4.64. The summed E-state index contributed by atoms with van der Waals surface area (Å²) in [5.41, 5.74) is 2.50. The molecule has 0 saturated heterocycles. The Balaban J connectivity index is 1.56. The number of benzene rings is 2. The van der Waals surface area contributed by atoms with Gasteiger partial charge in [-0.05, 0) is 130 Å². The zero-order valence-electron chi connectivity index (χ0n) is 69.1. The topological polar surface area (TPSA) is 731 Å². The molecule has 20 N–H and O–H groups in total. The number of carbonyl (C=O) groups is 19. The highest BCUT2D eigenvalue weighted by atomic mass is 32.2. The smallest absolute Gasteiger partial charge is 0.303 e. The lowest BCUT2D eigenvalue weighted by Crippen LogP contribution is -2.60. The second-order valence-corrected chi connectivity index (χ2v) is 32.6. The Labute approximate surface area is 722 Å². The van der Waals surface area contributed by atoms with Crippen LogP contribution in [0.3, 0.4) is 0 Å². The number of rotatable bonds is 57. The summed E-state index contributed by atoms with van der Waals surface area (Å²) in [6.07, 6.45) is -2.63. The molecule has 0 saturated carbocycles. The Hall–Kier alpha value is -13.3. The second kappa shape index (κ2) is 49.8. The number of likely N-dealkylation sites (N-methyl/N-ethyl adjacent to an activating group) is 1. The summed E-state index contributed by atoms with van der Waals surface area (Å²) in [4.78, 5) is 252. The lowest BCUT2D eigenvalue weighted by molar-refractivity contribution is -0.141. The van der Waals surface area contributed by atoms with Gasteiger partial charge in [-0.1, -0.05) is 64.5 Å². The molecule has 47 heteroatoms. The number of nitrogens with one attached hydrogen (secondary N) is 10. The minimum Gasteiger partial charge on any atom is -0.481 e. The summed E-state index contributed by atoms with van der Waals surface area (Å²) >= 11 is 0. The van der Waals surface area contributed by atoms with E-state index >= 15 is 0 Å². The van der Waals surface area contributed by atoms with Crippen LogP contribution in [0.5, 0.6) is 0 Å². The summed E-state index contributed by atoms with van der Waals surface area (Å²) in [7, 11) is -6.33. The molecule has 2 aromatic rings. The first-order chi connectivity index (χ1) is 59.0.